The molecule has 2 aromatic carbocycles. The molecule has 0 bridgehead atoms. The van der Waals surface area contributed by atoms with Gasteiger partial charge < -0.3 is 24.1 Å². The lowest BCUT2D eigenvalue weighted by Crippen LogP contribution is -1.99. The number of phenols is 1. The van der Waals surface area contributed by atoms with E-state index in [-0.39, 0.29) is 5.75 Å². The normalized spacial score (nSPS) is 11.0. The molecule has 0 aliphatic heterocycles. The number of rotatable bonds is 7. The smallest absolute Gasteiger partial charge is 0.216 e. The van der Waals surface area contributed by atoms with Crippen molar-refractivity contribution in [3.05, 3.63) is 39.1 Å². The number of methoxy groups -OCH3 is 4. The van der Waals surface area contributed by atoms with Gasteiger partial charge in [0.25, 0.3) is 0 Å². The van der Waals surface area contributed by atoms with Crippen LogP contribution in [-0.2, 0) is 0 Å². The SMILES string of the molecule is COc1cc(/C=N\n2c(-c3cc(OC)c(OC)c(OC)c3)n[nH]c2=S)cc(Br)c1O. The zero-order chi connectivity index (χ0) is 21.8. The number of hydrogen-bond donors (Lipinski definition) is 2. The Balaban J connectivity index is 2.08. The second-order valence-electron chi connectivity index (χ2n) is 5.88. The summed E-state index contributed by atoms with van der Waals surface area (Å²) in [4.78, 5) is 0. The third kappa shape index (κ3) is 4.12. The van der Waals surface area contributed by atoms with Crippen molar-refractivity contribution < 1.29 is 24.1 Å². The van der Waals surface area contributed by atoms with E-state index in [0.717, 1.165) is 0 Å². The van der Waals surface area contributed by atoms with Gasteiger partial charge in [-0.05, 0) is 58.0 Å². The summed E-state index contributed by atoms with van der Waals surface area (Å²) < 4.78 is 23.6. The molecular formula is C19H19BrN4O5S. The molecule has 1 aromatic heterocycles. The van der Waals surface area contributed by atoms with Gasteiger partial charge >= 0.3 is 0 Å². The van der Waals surface area contributed by atoms with Crippen LogP contribution in [-0.4, -0.2) is 54.6 Å². The molecule has 0 aliphatic carbocycles. The van der Waals surface area contributed by atoms with Crippen molar-refractivity contribution in [2.24, 2.45) is 5.10 Å². The summed E-state index contributed by atoms with van der Waals surface area (Å²) in [6, 6.07) is 6.84. The van der Waals surface area contributed by atoms with Crippen molar-refractivity contribution in [2.45, 2.75) is 0 Å². The fourth-order valence-corrected chi connectivity index (χ4v) is 3.38. The van der Waals surface area contributed by atoms with Crippen LogP contribution in [0.2, 0.25) is 0 Å². The van der Waals surface area contributed by atoms with E-state index in [1.165, 1.54) is 33.1 Å². The van der Waals surface area contributed by atoms with E-state index in [9.17, 15) is 5.11 Å². The quantitative estimate of drug-likeness (QED) is 0.378. The van der Waals surface area contributed by atoms with Gasteiger partial charge in [0, 0.05) is 5.56 Å². The molecule has 2 N–H and O–H groups in total. The number of hydrogen-bond acceptors (Lipinski definition) is 8. The van der Waals surface area contributed by atoms with E-state index in [1.54, 1.807) is 30.5 Å². The monoisotopic (exact) mass is 494 g/mol. The van der Waals surface area contributed by atoms with Gasteiger partial charge in [-0.25, -0.2) is 5.10 Å². The minimum Gasteiger partial charge on any atom is -0.503 e. The molecule has 0 radical (unpaired) electrons. The van der Waals surface area contributed by atoms with E-state index in [0.29, 0.717) is 49.2 Å². The van der Waals surface area contributed by atoms with Gasteiger partial charge in [0.1, 0.15) is 0 Å². The van der Waals surface area contributed by atoms with Crippen LogP contribution in [0.3, 0.4) is 0 Å². The molecule has 0 fully saturated rings. The van der Waals surface area contributed by atoms with Crippen molar-refractivity contribution in [1.82, 2.24) is 14.9 Å². The highest BCUT2D eigenvalue weighted by Crippen LogP contribution is 2.41. The largest absolute Gasteiger partial charge is 0.503 e. The summed E-state index contributed by atoms with van der Waals surface area (Å²) in [5.41, 5.74) is 1.33. The summed E-state index contributed by atoms with van der Waals surface area (Å²) in [5.74, 6) is 2.18. The Morgan fingerprint density at radius 3 is 2.23 bits per heavy atom. The molecule has 0 unspecified atom stereocenters. The van der Waals surface area contributed by atoms with Gasteiger partial charge in [-0.2, -0.15) is 14.9 Å². The van der Waals surface area contributed by atoms with Gasteiger partial charge in [0.15, 0.2) is 28.8 Å². The minimum atomic E-state index is 0.00712. The minimum absolute atomic E-state index is 0.00712. The van der Waals surface area contributed by atoms with Crippen LogP contribution in [0.5, 0.6) is 28.7 Å². The molecule has 0 amide bonds. The van der Waals surface area contributed by atoms with Crippen LogP contribution in [0.25, 0.3) is 11.4 Å². The Kier molecular flexibility index (Phi) is 6.63. The predicted octanol–water partition coefficient (Wildman–Crippen LogP) is 3.99. The highest BCUT2D eigenvalue weighted by atomic mass is 79.9. The average Bonchev–Trinajstić information content (AvgIpc) is 3.13. The zero-order valence-corrected chi connectivity index (χ0v) is 19.0. The maximum atomic E-state index is 9.97. The number of nitrogens with zero attached hydrogens (tertiary/aromatic N) is 3. The van der Waals surface area contributed by atoms with E-state index >= 15 is 0 Å². The second-order valence-corrected chi connectivity index (χ2v) is 7.12. The van der Waals surface area contributed by atoms with Gasteiger partial charge in [-0.1, -0.05) is 0 Å². The van der Waals surface area contributed by atoms with Crippen molar-refractivity contribution in [3.8, 4) is 40.1 Å². The van der Waals surface area contributed by atoms with Crippen LogP contribution in [0, 0.1) is 4.77 Å². The van der Waals surface area contributed by atoms with Crippen molar-refractivity contribution in [1.29, 1.82) is 0 Å². The van der Waals surface area contributed by atoms with E-state index < -0.39 is 0 Å². The molecule has 0 saturated heterocycles. The van der Waals surface area contributed by atoms with Gasteiger partial charge in [0.2, 0.25) is 10.5 Å². The Morgan fingerprint density at radius 2 is 1.67 bits per heavy atom. The molecule has 158 valence electrons. The van der Waals surface area contributed by atoms with Crippen molar-refractivity contribution in [2.75, 3.05) is 28.4 Å². The molecule has 1 heterocycles. The Hall–Kier alpha value is -3.05. The fourth-order valence-electron chi connectivity index (χ4n) is 2.74. The first kappa shape index (κ1) is 21.7. The maximum Gasteiger partial charge on any atom is 0.216 e. The number of aromatic hydroxyl groups is 1. The number of halogens is 1. The number of aromatic amines is 1. The summed E-state index contributed by atoms with van der Waals surface area (Å²) in [6.45, 7) is 0. The molecule has 30 heavy (non-hydrogen) atoms. The van der Waals surface area contributed by atoms with Crippen molar-refractivity contribution in [3.63, 3.8) is 0 Å². The predicted molar refractivity (Wildman–Crippen MR) is 118 cm³/mol. The lowest BCUT2D eigenvalue weighted by atomic mass is 10.1. The topological polar surface area (TPSA) is 103 Å². The maximum absolute atomic E-state index is 9.97. The number of benzene rings is 2. The third-order valence-electron chi connectivity index (χ3n) is 4.17. The van der Waals surface area contributed by atoms with Crippen LogP contribution in [0.1, 0.15) is 5.56 Å². The number of aromatic nitrogens is 3. The summed E-state index contributed by atoms with van der Waals surface area (Å²) in [5, 5.41) is 21.4. The van der Waals surface area contributed by atoms with Crippen LogP contribution >= 0.6 is 28.1 Å². The summed E-state index contributed by atoms with van der Waals surface area (Å²) >= 11 is 8.61. The Bertz CT molecular complexity index is 1130. The summed E-state index contributed by atoms with van der Waals surface area (Å²) in [6.07, 6.45) is 1.57. The highest BCUT2D eigenvalue weighted by molar-refractivity contribution is 9.10. The first-order valence-electron chi connectivity index (χ1n) is 8.52. The number of ether oxygens (including phenoxy) is 4. The van der Waals surface area contributed by atoms with Gasteiger partial charge in [-0.3, -0.25) is 0 Å². The lowest BCUT2D eigenvalue weighted by Gasteiger charge is -2.13. The third-order valence-corrected chi connectivity index (χ3v) is 5.04. The van der Waals surface area contributed by atoms with Gasteiger partial charge in [-0.15, -0.1) is 0 Å². The van der Waals surface area contributed by atoms with Gasteiger partial charge in [0.05, 0.1) is 39.1 Å². The van der Waals surface area contributed by atoms with E-state index in [4.69, 9.17) is 31.2 Å². The standard InChI is InChI=1S/C19H19BrN4O5S/c1-26-13-6-10(5-12(20)16(13)25)9-21-24-18(22-23-19(24)30)11-7-14(27-2)17(29-4)15(8-11)28-3/h5-9,25H,1-4H3,(H,23,30)/b21-9-. The first-order chi connectivity index (χ1) is 14.4. The fraction of sp³-hybridized carbons (Fsp3) is 0.211. The molecule has 0 saturated carbocycles. The van der Waals surface area contributed by atoms with Crippen LogP contribution < -0.4 is 18.9 Å². The molecule has 11 heteroatoms. The van der Waals surface area contributed by atoms with E-state index in [2.05, 4.69) is 31.2 Å². The average molecular weight is 495 g/mol. The van der Waals surface area contributed by atoms with E-state index in [1.807, 2.05) is 0 Å². The number of phenolic OH excluding ortho intramolecular Hbond substituents is 1. The zero-order valence-electron chi connectivity index (χ0n) is 16.6. The second kappa shape index (κ2) is 9.18. The van der Waals surface area contributed by atoms with Crippen LogP contribution in [0.15, 0.2) is 33.8 Å². The first-order valence-corrected chi connectivity index (χ1v) is 9.72. The molecule has 0 spiro atoms. The molecule has 3 rings (SSSR count). The highest BCUT2D eigenvalue weighted by Gasteiger charge is 2.17. The molecular weight excluding hydrogens is 476 g/mol. The molecule has 0 aliphatic rings. The number of H-pyrrole nitrogens is 1. The Labute approximate surface area is 186 Å². The van der Waals surface area contributed by atoms with Crippen LogP contribution in [0.4, 0.5) is 0 Å². The number of nitrogens with one attached hydrogen (secondary N) is 1. The molecule has 3 aromatic rings. The lowest BCUT2D eigenvalue weighted by molar-refractivity contribution is 0.324. The molecule has 0 atom stereocenters. The molecule has 9 nitrogen and oxygen atoms in total. The Morgan fingerprint density at radius 1 is 1.03 bits per heavy atom. The summed E-state index contributed by atoms with van der Waals surface area (Å²) in [7, 11) is 6.07. The van der Waals surface area contributed by atoms with Crippen molar-refractivity contribution >= 4 is 34.4 Å².